The molecule has 0 aromatic carbocycles. The van der Waals surface area contributed by atoms with Crippen LogP contribution in [0.15, 0.2) is 12.3 Å². The summed E-state index contributed by atoms with van der Waals surface area (Å²) in [6.07, 6.45) is 4.96. The van der Waals surface area contributed by atoms with E-state index in [9.17, 15) is 4.79 Å². The number of hydrogen-bond acceptors (Lipinski definition) is 2. The van der Waals surface area contributed by atoms with Gasteiger partial charge < -0.3 is 15.6 Å². The van der Waals surface area contributed by atoms with E-state index < -0.39 is 0 Å². The van der Waals surface area contributed by atoms with Gasteiger partial charge in [-0.05, 0) is 32.3 Å². The molecular weight excluding hydrogens is 202 g/mol. The van der Waals surface area contributed by atoms with Crippen molar-refractivity contribution in [2.24, 2.45) is 0 Å². The third-order valence-corrected chi connectivity index (χ3v) is 3.03. The van der Waals surface area contributed by atoms with Crippen molar-refractivity contribution >= 4 is 11.6 Å². The Morgan fingerprint density at radius 1 is 1.62 bits per heavy atom. The Hall–Kier alpha value is -1.45. The summed E-state index contributed by atoms with van der Waals surface area (Å²) in [6, 6.07) is 1.75. The van der Waals surface area contributed by atoms with Gasteiger partial charge in [0.15, 0.2) is 0 Å². The Balaban J connectivity index is 2.14. The predicted molar refractivity (Wildman–Crippen MR) is 64.2 cm³/mol. The Bertz CT molecular complexity index is 404. The topological polar surface area (TPSA) is 60.0 Å². The first-order valence-electron chi connectivity index (χ1n) is 5.82. The van der Waals surface area contributed by atoms with Gasteiger partial charge in [-0.1, -0.05) is 6.92 Å². The van der Waals surface area contributed by atoms with Gasteiger partial charge in [-0.3, -0.25) is 4.79 Å². The van der Waals surface area contributed by atoms with Crippen molar-refractivity contribution in [1.82, 2.24) is 9.88 Å². The SMILES string of the molecule is CCCn1cc(N)cc1C(=O)NC1(C)CC1. The summed E-state index contributed by atoms with van der Waals surface area (Å²) >= 11 is 0. The van der Waals surface area contributed by atoms with E-state index in [1.807, 2.05) is 10.8 Å². The maximum atomic E-state index is 12.0. The van der Waals surface area contributed by atoms with E-state index in [-0.39, 0.29) is 11.4 Å². The first-order valence-corrected chi connectivity index (χ1v) is 5.82. The molecule has 1 aliphatic rings. The van der Waals surface area contributed by atoms with Crippen molar-refractivity contribution in [3.8, 4) is 0 Å². The predicted octanol–water partition coefficient (Wildman–Crippen LogP) is 1.76. The van der Waals surface area contributed by atoms with Crippen molar-refractivity contribution in [1.29, 1.82) is 0 Å². The number of nitrogens with one attached hydrogen (secondary N) is 1. The molecule has 0 unspecified atom stereocenters. The first-order chi connectivity index (χ1) is 7.54. The van der Waals surface area contributed by atoms with Crippen molar-refractivity contribution in [2.75, 3.05) is 5.73 Å². The molecule has 0 bridgehead atoms. The van der Waals surface area contributed by atoms with Gasteiger partial charge in [0.2, 0.25) is 0 Å². The van der Waals surface area contributed by atoms with Gasteiger partial charge in [0.1, 0.15) is 5.69 Å². The van der Waals surface area contributed by atoms with E-state index in [2.05, 4.69) is 19.2 Å². The van der Waals surface area contributed by atoms with Crippen molar-refractivity contribution in [3.05, 3.63) is 18.0 Å². The van der Waals surface area contributed by atoms with Crippen LogP contribution in [0.4, 0.5) is 5.69 Å². The molecule has 88 valence electrons. The summed E-state index contributed by atoms with van der Waals surface area (Å²) in [7, 11) is 0. The van der Waals surface area contributed by atoms with Crippen LogP contribution in [0.1, 0.15) is 43.6 Å². The second-order valence-electron chi connectivity index (χ2n) is 4.87. The molecule has 1 aromatic rings. The highest BCUT2D eigenvalue weighted by Gasteiger charge is 2.39. The summed E-state index contributed by atoms with van der Waals surface area (Å²) in [5, 5.41) is 3.04. The number of rotatable bonds is 4. The molecule has 0 aliphatic heterocycles. The number of carbonyl (C=O) groups excluding carboxylic acids is 1. The number of nitrogen functional groups attached to an aromatic ring is 1. The molecule has 1 aliphatic carbocycles. The molecule has 4 nitrogen and oxygen atoms in total. The molecule has 1 fully saturated rings. The number of carbonyl (C=O) groups is 1. The highest BCUT2D eigenvalue weighted by atomic mass is 16.2. The van der Waals surface area contributed by atoms with Gasteiger partial charge in [0.05, 0.1) is 5.69 Å². The van der Waals surface area contributed by atoms with Crippen LogP contribution in [0, 0.1) is 0 Å². The lowest BCUT2D eigenvalue weighted by Crippen LogP contribution is -2.35. The summed E-state index contributed by atoms with van der Waals surface area (Å²) in [5.41, 5.74) is 7.07. The van der Waals surface area contributed by atoms with Crippen LogP contribution in [0.25, 0.3) is 0 Å². The van der Waals surface area contributed by atoms with Crippen LogP contribution < -0.4 is 11.1 Å². The highest BCUT2D eigenvalue weighted by molar-refractivity contribution is 5.94. The minimum absolute atomic E-state index is 0.00912. The number of anilines is 1. The van der Waals surface area contributed by atoms with Crippen LogP contribution in [0.3, 0.4) is 0 Å². The van der Waals surface area contributed by atoms with Gasteiger partial charge in [-0.15, -0.1) is 0 Å². The molecule has 1 aromatic heterocycles. The van der Waals surface area contributed by atoms with Crippen molar-refractivity contribution < 1.29 is 4.79 Å². The number of nitrogens with zero attached hydrogens (tertiary/aromatic N) is 1. The third kappa shape index (κ3) is 2.21. The van der Waals surface area contributed by atoms with Crippen molar-refractivity contribution in [2.45, 2.75) is 45.2 Å². The average Bonchev–Trinajstić information content (AvgIpc) is 2.79. The molecule has 1 heterocycles. The number of hydrogen-bond donors (Lipinski definition) is 2. The second-order valence-corrected chi connectivity index (χ2v) is 4.87. The van der Waals surface area contributed by atoms with Gasteiger partial charge in [-0.25, -0.2) is 0 Å². The van der Waals surface area contributed by atoms with Gasteiger partial charge in [0.25, 0.3) is 5.91 Å². The van der Waals surface area contributed by atoms with Crippen LogP contribution in [-0.4, -0.2) is 16.0 Å². The molecule has 2 rings (SSSR count). The van der Waals surface area contributed by atoms with Gasteiger partial charge >= 0.3 is 0 Å². The molecule has 1 amide bonds. The van der Waals surface area contributed by atoms with E-state index in [0.717, 1.165) is 25.8 Å². The molecule has 0 saturated heterocycles. The lowest BCUT2D eigenvalue weighted by molar-refractivity contribution is 0.0926. The van der Waals surface area contributed by atoms with E-state index >= 15 is 0 Å². The average molecular weight is 221 g/mol. The lowest BCUT2D eigenvalue weighted by Gasteiger charge is -2.13. The Morgan fingerprint density at radius 2 is 2.31 bits per heavy atom. The summed E-state index contributed by atoms with van der Waals surface area (Å²) < 4.78 is 1.93. The number of nitrogens with two attached hydrogens (primary N) is 1. The van der Waals surface area contributed by atoms with Crippen molar-refractivity contribution in [3.63, 3.8) is 0 Å². The highest BCUT2D eigenvalue weighted by Crippen LogP contribution is 2.34. The summed E-state index contributed by atoms with van der Waals surface area (Å²) in [6.45, 7) is 4.98. The Morgan fingerprint density at radius 3 is 2.88 bits per heavy atom. The van der Waals surface area contributed by atoms with Crippen LogP contribution >= 0.6 is 0 Å². The monoisotopic (exact) mass is 221 g/mol. The molecule has 4 heteroatoms. The number of aryl methyl sites for hydroxylation is 1. The van der Waals surface area contributed by atoms with Gasteiger partial charge in [-0.2, -0.15) is 0 Å². The quantitative estimate of drug-likeness (QED) is 0.814. The standard InChI is InChI=1S/C12H19N3O/c1-3-6-15-8-9(13)7-10(15)11(16)14-12(2)4-5-12/h7-8H,3-6,13H2,1-2H3,(H,14,16). The number of aromatic nitrogens is 1. The molecule has 16 heavy (non-hydrogen) atoms. The van der Waals surface area contributed by atoms with Gasteiger partial charge in [0, 0.05) is 18.3 Å². The zero-order valence-electron chi connectivity index (χ0n) is 9.92. The zero-order chi connectivity index (χ0) is 11.8. The summed E-state index contributed by atoms with van der Waals surface area (Å²) in [5.74, 6) is -0.00912. The number of amides is 1. The Labute approximate surface area is 95.8 Å². The van der Waals surface area contributed by atoms with E-state index in [1.54, 1.807) is 6.07 Å². The van der Waals surface area contributed by atoms with Crippen LogP contribution in [0.5, 0.6) is 0 Å². The fourth-order valence-corrected chi connectivity index (χ4v) is 1.80. The van der Waals surface area contributed by atoms with Crippen LogP contribution in [0.2, 0.25) is 0 Å². The fourth-order valence-electron chi connectivity index (χ4n) is 1.80. The molecule has 0 spiro atoms. The minimum Gasteiger partial charge on any atom is -0.397 e. The molecule has 3 N–H and O–H groups in total. The lowest BCUT2D eigenvalue weighted by atomic mass is 10.3. The third-order valence-electron chi connectivity index (χ3n) is 3.03. The maximum Gasteiger partial charge on any atom is 0.268 e. The van der Waals surface area contributed by atoms with E-state index in [0.29, 0.717) is 11.4 Å². The Kier molecular flexibility index (Phi) is 2.66. The molecule has 1 saturated carbocycles. The van der Waals surface area contributed by atoms with E-state index in [4.69, 9.17) is 5.73 Å². The molecule has 0 atom stereocenters. The van der Waals surface area contributed by atoms with Crippen LogP contribution in [-0.2, 0) is 6.54 Å². The minimum atomic E-state index is -0.00912. The molecule has 0 radical (unpaired) electrons. The normalized spacial score (nSPS) is 17.1. The largest absolute Gasteiger partial charge is 0.397 e. The molecular formula is C12H19N3O. The fraction of sp³-hybridized carbons (Fsp3) is 0.583. The van der Waals surface area contributed by atoms with E-state index in [1.165, 1.54) is 0 Å². The zero-order valence-corrected chi connectivity index (χ0v) is 9.92. The smallest absolute Gasteiger partial charge is 0.268 e. The maximum absolute atomic E-state index is 12.0. The first kappa shape index (κ1) is 11.0. The summed E-state index contributed by atoms with van der Waals surface area (Å²) in [4.78, 5) is 12.0. The second kappa shape index (κ2) is 3.85.